The van der Waals surface area contributed by atoms with E-state index in [0.29, 0.717) is 6.04 Å². The van der Waals surface area contributed by atoms with Gasteiger partial charge in [-0.05, 0) is 31.6 Å². The lowest BCUT2D eigenvalue weighted by Gasteiger charge is -2.26. The van der Waals surface area contributed by atoms with E-state index in [2.05, 4.69) is 67.2 Å². The van der Waals surface area contributed by atoms with E-state index in [1.165, 1.54) is 5.84 Å². The molecule has 1 aliphatic rings. The largest absolute Gasteiger partial charge is 0.343 e. The molecule has 1 unspecified atom stereocenters. The van der Waals surface area contributed by atoms with Crippen molar-refractivity contribution in [3.8, 4) is 0 Å². The number of amidine groups is 1. The Morgan fingerprint density at radius 1 is 0.941 bits per heavy atom. The molecule has 0 radical (unpaired) electrons. The monoisotopic (exact) mass is 238 g/mol. The van der Waals surface area contributed by atoms with E-state index >= 15 is 0 Å². The molecule has 1 rings (SSSR count). The molecule has 100 valence electrons. The zero-order valence-electron chi connectivity index (χ0n) is 13.2. The Bertz CT molecular complexity index is 285. The minimum absolute atomic E-state index is 0.189. The van der Waals surface area contributed by atoms with Crippen molar-refractivity contribution in [1.82, 2.24) is 4.90 Å². The van der Waals surface area contributed by atoms with Gasteiger partial charge < -0.3 is 4.90 Å². The Balaban J connectivity index is 2.86. The third-order valence-electron chi connectivity index (χ3n) is 2.94. The fourth-order valence-electron chi connectivity index (χ4n) is 2.17. The molecule has 0 aromatic rings. The summed E-state index contributed by atoms with van der Waals surface area (Å²) >= 11 is 0. The molecule has 1 saturated heterocycles. The first kappa shape index (κ1) is 14.5. The Morgan fingerprint density at radius 3 is 1.65 bits per heavy atom. The van der Waals surface area contributed by atoms with Gasteiger partial charge in [0.2, 0.25) is 0 Å². The van der Waals surface area contributed by atoms with E-state index in [4.69, 9.17) is 4.99 Å². The highest BCUT2D eigenvalue weighted by Crippen LogP contribution is 2.43. The van der Waals surface area contributed by atoms with Gasteiger partial charge in [0.05, 0.1) is 6.04 Å². The van der Waals surface area contributed by atoms with Gasteiger partial charge >= 0.3 is 0 Å². The van der Waals surface area contributed by atoms with Crippen LogP contribution in [0.2, 0.25) is 0 Å². The van der Waals surface area contributed by atoms with Gasteiger partial charge in [0.15, 0.2) is 0 Å². The van der Waals surface area contributed by atoms with Crippen molar-refractivity contribution in [2.75, 3.05) is 6.54 Å². The molecular formula is C15H30N2. The number of rotatable bonds is 1. The zero-order valence-corrected chi connectivity index (χ0v) is 13.2. The zero-order chi connectivity index (χ0) is 13.6. The van der Waals surface area contributed by atoms with Gasteiger partial charge in [0.1, 0.15) is 5.84 Å². The molecule has 0 aromatic carbocycles. The smallest absolute Gasteiger partial charge is 0.124 e. The molecule has 0 bridgehead atoms. The maximum Gasteiger partial charge on any atom is 0.124 e. The molecule has 2 heteroatoms. The topological polar surface area (TPSA) is 15.4 Å². The highest BCUT2D eigenvalue weighted by molar-refractivity contribution is 6.03. The fraction of sp³-hybridized carbons (Fsp3) is 0.933. The third kappa shape index (κ3) is 3.72. The number of aliphatic imine (C=N–C) groups is 1. The fourth-order valence-corrected chi connectivity index (χ4v) is 2.17. The lowest BCUT2D eigenvalue weighted by Crippen LogP contribution is -2.31. The van der Waals surface area contributed by atoms with Crippen LogP contribution in [0, 0.1) is 10.8 Å². The van der Waals surface area contributed by atoms with Crippen molar-refractivity contribution in [2.45, 2.75) is 73.9 Å². The van der Waals surface area contributed by atoms with Gasteiger partial charge in [-0.25, -0.2) is 0 Å². The first-order valence-corrected chi connectivity index (χ1v) is 6.68. The molecular weight excluding hydrogens is 208 g/mol. The highest BCUT2D eigenvalue weighted by Gasteiger charge is 2.54. The lowest BCUT2D eigenvalue weighted by molar-refractivity contribution is 0.235. The van der Waals surface area contributed by atoms with E-state index in [1.807, 2.05) is 0 Å². The number of hydrogen-bond acceptors (Lipinski definition) is 1. The average Bonchev–Trinajstić information content (AvgIpc) is 2.70. The summed E-state index contributed by atoms with van der Waals surface area (Å²) < 4.78 is 0. The SMILES string of the molecule is CC(C)(C)CN=C1C(C(C)(C)C)N1C(C)(C)C. The summed E-state index contributed by atoms with van der Waals surface area (Å²) in [7, 11) is 0. The normalized spacial score (nSPS) is 24.4. The van der Waals surface area contributed by atoms with Gasteiger partial charge in [-0.15, -0.1) is 0 Å². The Hall–Kier alpha value is -0.530. The molecule has 0 amide bonds. The van der Waals surface area contributed by atoms with Crippen LogP contribution in [0.1, 0.15) is 62.3 Å². The predicted molar refractivity (Wildman–Crippen MR) is 76.6 cm³/mol. The van der Waals surface area contributed by atoms with E-state index in [-0.39, 0.29) is 16.4 Å². The third-order valence-corrected chi connectivity index (χ3v) is 2.94. The lowest BCUT2D eigenvalue weighted by atomic mass is 9.91. The second-order valence-electron chi connectivity index (χ2n) is 8.54. The van der Waals surface area contributed by atoms with Crippen molar-refractivity contribution in [1.29, 1.82) is 0 Å². The van der Waals surface area contributed by atoms with Crippen LogP contribution in [0.5, 0.6) is 0 Å². The molecule has 2 nitrogen and oxygen atoms in total. The van der Waals surface area contributed by atoms with Gasteiger partial charge in [0, 0.05) is 12.1 Å². The molecule has 1 atom stereocenters. The van der Waals surface area contributed by atoms with Crippen LogP contribution < -0.4 is 0 Å². The average molecular weight is 238 g/mol. The molecule has 1 heterocycles. The Labute approximate surface area is 107 Å². The van der Waals surface area contributed by atoms with E-state index in [9.17, 15) is 0 Å². The van der Waals surface area contributed by atoms with Gasteiger partial charge in [-0.3, -0.25) is 4.99 Å². The standard InChI is InChI=1S/C15H30N2/c1-13(2,3)10-16-12-11(14(4,5)6)17(12)15(7,8)9/h11H,10H2,1-9H3. The van der Waals surface area contributed by atoms with Gasteiger partial charge in [0.25, 0.3) is 0 Å². The predicted octanol–water partition coefficient (Wildman–Crippen LogP) is 3.96. The second kappa shape index (κ2) is 4.00. The van der Waals surface area contributed by atoms with Crippen LogP contribution in [-0.2, 0) is 0 Å². The summed E-state index contributed by atoms with van der Waals surface area (Å²) in [6.45, 7) is 21.4. The van der Waals surface area contributed by atoms with Crippen LogP contribution in [0.3, 0.4) is 0 Å². The van der Waals surface area contributed by atoms with Gasteiger partial charge in [-0.2, -0.15) is 0 Å². The maximum atomic E-state index is 4.85. The number of hydrogen-bond donors (Lipinski definition) is 0. The quantitative estimate of drug-likeness (QED) is 0.631. The molecule has 0 N–H and O–H groups in total. The first-order chi connectivity index (χ1) is 7.34. The molecule has 1 fully saturated rings. The maximum absolute atomic E-state index is 4.85. The Morgan fingerprint density at radius 2 is 1.41 bits per heavy atom. The summed E-state index contributed by atoms with van der Waals surface area (Å²) in [4.78, 5) is 7.32. The van der Waals surface area contributed by atoms with Crippen LogP contribution in [-0.4, -0.2) is 28.9 Å². The van der Waals surface area contributed by atoms with Crippen molar-refractivity contribution >= 4 is 5.84 Å². The van der Waals surface area contributed by atoms with Crippen molar-refractivity contribution in [3.63, 3.8) is 0 Å². The molecule has 0 saturated carbocycles. The van der Waals surface area contributed by atoms with E-state index in [0.717, 1.165) is 6.54 Å². The van der Waals surface area contributed by atoms with Crippen molar-refractivity contribution < 1.29 is 0 Å². The minimum Gasteiger partial charge on any atom is -0.343 e. The van der Waals surface area contributed by atoms with Crippen molar-refractivity contribution in [3.05, 3.63) is 0 Å². The minimum atomic E-state index is 0.189. The summed E-state index contributed by atoms with van der Waals surface area (Å²) in [5.74, 6) is 1.31. The summed E-state index contributed by atoms with van der Waals surface area (Å²) in [6.07, 6.45) is 0. The summed E-state index contributed by atoms with van der Waals surface area (Å²) in [5, 5.41) is 0. The molecule has 0 spiro atoms. The van der Waals surface area contributed by atoms with Crippen molar-refractivity contribution in [2.24, 2.45) is 15.8 Å². The van der Waals surface area contributed by atoms with Gasteiger partial charge in [-0.1, -0.05) is 41.5 Å². The molecule has 0 aliphatic carbocycles. The van der Waals surface area contributed by atoms with Crippen LogP contribution in [0.15, 0.2) is 4.99 Å². The second-order valence-corrected chi connectivity index (χ2v) is 8.54. The highest BCUT2D eigenvalue weighted by atomic mass is 15.4. The molecule has 17 heavy (non-hydrogen) atoms. The first-order valence-electron chi connectivity index (χ1n) is 6.68. The number of nitrogens with zero attached hydrogens (tertiary/aromatic N) is 2. The van der Waals surface area contributed by atoms with Crippen LogP contribution in [0.4, 0.5) is 0 Å². The Kier molecular flexibility index (Phi) is 3.42. The molecule has 1 aliphatic heterocycles. The molecule has 0 aromatic heterocycles. The van der Waals surface area contributed by atoms with Crippen LogP contribution in [0.25, 0.3) is 0 Å². The summed E-state index contributed by atoms with van der Waals surface area (Å²) in [5.41, 5.74) is 0.750. The van der Waals surface area contributed by atoms with E-state index < -0.39 is 0 Å². The van der Waals surface area contributed by atoms with E-state index in [1.54, 1.807) is 0 Å². The van der Waals surface area contributed by atoms with Crippen LogP contribution >= 0.6 is 0 Å². The summed E-state index contributed by atoms with van der Waals surface area (Å²) in [6, 6.07) is 0.518.